The average molecular weight is 1310 g/mol. The van der Waals surface area contributed by atoms with Gasteiger partial charge < -0.3 is 20.4 Å². The number of hydrogen-bond acceptors (Lipinski definition) is 4. The maximum absolute atomic E-state index is 10.9. The minimum atomic E-state index is -0.0950. The van der Waals surface area contributed by atoms with E-state index >= 15 is 0 Å². The molecule has 1 atom stereocenters. The Morgan fingerprint density at radius 1 is 0.337 bits per heavy atom. The molecule has 1 aliphatic rings. The second-order valence-electron chi connectivity index (χ2n) is 37.7. The summed E-state index contributed by atoms with van der Waals surface area (Å²) in [7, 11) is 0. The van der Waals surface area contributed by atoms with E-state index in [1.807, 2.05) is 0 Å². The van der Waals surface area contributed by atoms with Crippen molar-refractivity contribution >= 4 is 0 Å². The fourth-order valence-corrected chi connectivity index (χ4v) is 13.7. The standard InChI is InChI=1S/C25H44O.C23H38O.C23H32O.C20H34O/c1-9-11-13-19(14-12-10-2)15-16-20-17-21(24(3,4)5)23(26)22(18-20)25(6,7)8;2*1-8-9-16-10-12-17(13-11-16)18-14-19(22(2,3)4)21(24)20(15-18)23(5,6)7;1-9-14(2)10-11-15-12-16(19(3,4)5)18(21)17(13-15)20(6,7)8/h17-19,26H,9-16H2,1-8H3;14-17,24H,8-13H2,1-7H3;10-15,24H,8-9H2,1-7H3;12-14,21H,9-11H2,1-8H3. The third kappa shape index (κ3) is 26.2. The molecule has 0 heterocycles. The molecule has 0 saturated heterocycles. The first-order chi connectivity index (χ1) is 43.5. The second kappa shape index (κ2) is 35.4. The molecule has 0 bridgehead atoms. The van der Waals surface area contributed by atoms with E-state index in [1.165, 1.54) is 136 Å². The molecule has 1 fully saturated rings. The zero-order valence-electron chi connectivity index (χ0n) is 67.5. The fourth-order valence-electron chi connectivity index (χ4n) is 13.7. The Morgan fingerprint density at radius 2 is 0.653 bits per heavy atom. The third-order valence-electron chi connectivity index (χ3n) is 20.3. The number of benzene rings is 5. The summed E-state index contributed by atoms with van der Waals surface area (Å²) in [6.45, 7) is 66.1. The lowest BCUT2D eigenvalue weighted by molar-refractivity contribution is 0.307. The lowest BCUT2D eigenvalue weighted by atomic mass is 9.73. The smallest absolute Gasteiger partial charge is 0.123 e. The van der Waals surface area contributed by atoms with Gasteiger partial charge in [-0.25, -0.2) is 0 Å². The maximum atomic E-state index is 10.9. The Balaban J connectivity index is 0.000000331. The zero-order valence-corrected chi connectivity index (χ0v) is 67.5. The van der Waals surface area contributed by atoms with Crippen LogP contribution in [0.3, 0.4) is 0 Å². The van der Waals surface area contributed by atoms with E-state index in [9.17, 15) is 20.4 Å². The van der Waals surface area contributed by atoms with E-state index in [-0.39, 0.29) is 43.3 Å². The first-order valence-electron chi connectivity index (χ1n) is 38.1. The number of phenols is 4. The largest absolute Gasteiger partial charge is 0.507 e. The van der Waals surface area contributed by atoms with Crippen molar-refractivity contribution in [3.8, 4) is 34.1 Å². The molecule has 1 saturated carbocycles. The fraction of sp³-hybridized carbons (Fsp3) is 0.670. The lowest BCUT2D eigenvalue weighted by Gasteiger charge is -2.32. The summed E-state index contributed by atoms with van der Waals surface area (Å²) in [6.07, 6.45) is 24.3. The van der Waals surface area contributed by atoms with Crippen LogP contribution in [0.1, 0.15) is 383 Å². The van der Waals surface area contributed by atoms with Crippen LogP contribution >= 0.6 is 0 Å². The predicted octanol–water partition coefficient (Wildman–Crippen LogP) is 27.6. The Morgan fingerprint density at radius 3 is 0.947 bits per heavy atom. The molecule has 536 valence electrons. The van der Waals surface area contributed by atoms with Gasteiger partial charge in [0.2, 0.25) is 0 Å². The van der Waals surface area contributed by atoms with E-state index in [2.05, 4.69) is 281 Å². The molecule has 4 N–H and O–H groups in total. The SMILES string of the molecule is CCC(C)CCc1cc(C(C)(C)C)c(O)c(C(C)(C)C)c1.CCCC1CCC(c2cc(C(C)(C)C)c(O)c(C(C)(C)C)c2)CC1.CCCCC(CCCC)CCc1cc(C(C)(C)C)c(O)c(C(C)(C)C)c1.CCCc1ccc(-c2cc(C(C)(C)C)c(O)c(C(C)(C)C)c2)cc1. The summed E-state index contributed by atoms with van der Waals surface area (Å²) in [6, 6.07) is 26.7. The highest BCUT2D eigenvalue weighted by Crippen LogP contribution is 2.47. The van der Waals surface area contributed by atoms with Gasteiger partial charge in [0.1, 0.15) is 23.0 Å². The van der Waals surface area contributed by atoms with Crippen LogP contribution in [0.15, 0.2) is 72.8 Å². The van der Waals surface area contributed by atoms with Crippen molar-refractivity contribution in [2.75, 3.05) is 0 Å². The Labute approximate surface area is 587 Å². The van der Waals surface area contributed by atoms with Crippen LogP contribution < -0.4 is 0 Å². The summed E-state index contributed by atoms with van der Waals surface area (Å²) in [5.41, 5.74) is 16.2. The van der Waals surface area contributed by atoms with Crippen LogP contribution in [0.5, 0.6) is 23.0 Å². The molecule has 0 radical (unpaired) electrons. The van der Waals surface area contributed by atoms with Crippen LogP contribution in [-0.4, -0.2) is 20.4 Å². The van der Waals surface area contributed by atoms with E-state index in [4.69, 9.17) is 0 Å². The van der Waals surface area contributed by atoms with Crippen molar-refractivity contribution in [1.82, 2.24) is 0 Å². The number of unbranched alkanes of at least 4 members (excludes halogenated alkanes) is 2. The van der Waals surface area contributed by atoms with Gasteiger partial charge in [0.05, 0.1) is 0 Å². The highest BCUT2D eigenvalue weighted by Gasteiger charge is 2.33. The van der Waals surface area contributed by atoms with E-state index < -0.39 is 0 Å². The predicted molar refractivity (Wildman–Crippen MR) is 420 cm³/mol. The van der Waals surface area contributed by atoms with Gasteiger partial charge in [-0.2, -0.15) is 0 Å². The van der Waals surface area contributed by atoms with Gasteiger partial charge in [-0.05, 0) is 204 Å². The van der Waals surface area contributed by atoms with Crippen molar-refractivity contribution in [3.63, 3.8) is 0 Å². The molecule has 0 aliphatic heterocycles. The van der Waals surface area contributed by atoms with Crippen LogP contribution in [-0.2, 0) is 62.6 Å². The van der Waals surface area contributed by atoms with Gasteiger partial charge in [0.25, 0.3) is 0 Å². The highest BCUT2D eigenvalue weighted by atomic mass is 16.3. The van der Waals surface area contributed by atoms with Gasteiger partial charge in [-0.3, -0.25) is 0 Å². The molecule has 0 amide bonds. The second-order valence-corrected chi connectivity index (χ2v) is 37.7. The topological polar surface area (TPSA) is 80.9 Å². The van der Waals surface area contributed by atoms with Crippen molar-refractivity contribution in [2.45, 2.75) is 379 Å². The van der Waals surface area contributed by atoms with Gasteiger partial charge in [0, 0.05) is 11.1 Å². The summed E-state index contributed by atoms with van der Waals surface area (Å²) < 4.78 is 0. The lowest BCUT2D eigenvalue weighted by Crippen LogP contribution is -2.20. The van der Waals surface area contributed by atoms with Crippen LogP contribution in [0.4, 0.5) is 0 Å². The van der Waals surface area contributed by atoms with Crippen molar-refractivity contribution < 1.29 is 20.4 Å². The highest BCUT2D eigenvalue weighted by molar-refractivity contribution is 5.69. The molecule has 4 heteroatoms. The van der Waals surface area contributed by atoms with Gasteiger partial charge in [-0.1, -0.05) is 333 Å². The molecule has 0 spiro atoms. The zero-order chi connectivity index (χ0) is 72.6. The van der Waals surface area contributed by atoms with E-state index in [1.54, 1.807) is 0 Å². The quantitative estimate of drug-likeness (QED) is 0.0664. The van der Waals surface area contributed by atoms with E-state index in [0.717, 1.165) is 81.5 Å². The molecule has 1 unspecified atom stereocenters. The summed E-state index contributed by atoms with van der Waals surface area (Å²) >= 11 is 0. The van der Waals surface area contributed by atoms with E-state index in [0.29, 0.717) is 28.9 Å². The van der Waals surface area contributed by atoms with Crippen LogP contribution in [0.25, 0.3) is 11.1 Å². The van der Waals surface area contributed by atoms with Crippen molar-refractivity contribution in [2.24, 2.45) is 17.8 Å². The normalized spacial score (nSPS) is 15.5. The van der Waals surface area contributed by atoms with Gasteiger partial charge in [-0.15, -0.1) is 0 Å². The third-order valence-corrected chi connectivity index (χ3v) is 20.3. The van der Waals surface area contributed by atoms with Crippen molar-refractivity contribution in [1.29, 1.82) is 0 Å². The minimum Gasteiger partial charge on any atom is -0.507 e. The van der Waals surface area contributed by atoms with Crippen LogP contribution in [0, 0.1) is 17.8 Å². The first-order valence-corrected chi connectivity index (χ1v) is 38.1. The van der Waals surface area contributed by atoms with Crippen LogP contribution in [0.2, 0.25) is 0 Å². The molecule has 0 aromatic heterocycles. The number of phenolic OH excluding ortho intramolecular Hbond substituents is 4. The Hall–Kier alpha value is -4.70. The number of aromatic hydroxyl groups is 4. The first kappa shape index (κ1) is 84.5. The molecule has 4 nitrogen and oxygen atoms in total. The number of rotatable bonds is 19. The number of hydrogen-bond donors (Lipinski definition) is 4. The van der Waals surface area contributed by atoms with Crippen molar-refractivity contribution in [3.05, 3.63) is 140 Å². The molecule has 5 aromatic rings. The molecule has 6 rings (SSSR count). The molecule has 1 aliphatic carbocycles. The molecular weight excluding hydrogens is 1160 g/mol. The summed E-state index contributed by atoms with van der Waals surface area (Å²) in [5, 5.41) is 43.3. The average Bonchev–Trinajstić information content (AvgIpc) is 0.801. The Bertz CT molecular complexity index is 2950. The Kier molecular flexibility index (Phi) is 31.5. The number of aryl methyl sites for hydroxylation is 3. The monoisotopic (exact) mass is 1310 g/mol. The molecule has 95 heavy (non-hydrogen) atoms. The summed E-state index contributed by atoms with van der Waals surface area (Å²) in [4.78, 5) is 0. The van der Waals surface area contributed by atoms with Gasteiger partial charge >= 0.3 is 0 Å². The molecular formula is C91H148O4. The van der Waals surface area contributed by atoms with Gasteiger partial charge in [0.15, 0.2) is 0 Å². The summed E-state index contributed by atoms with van der Waals surface area (Å²) in [5.74, 6) is 5.16. The minimum absolute atomic E-state index is 0.0283. The molecule has 5 aromatic carbocycles. The maximum Gasteiger partial charge on any atom is 0.123 e.